The number of aryl methyl sites for hydroxylation is 1. The molecule has 148 valence electrons. The van der Waals surface area contributed by atoms with E-state index >= 15 is 0 Å². The molecule has 1 unspecified atom stereocenters. The monoisotopic (exact) mass is 384 g/mol. The molecule has 28 heavy (non-hydrogen) atoms. The molecule has 2 aliphatic heterocycles. The molecule has 8 nitrogen and oxygen atoms in total. The van der Waals surface area contributed by atoms with Crippen molar-refractivity contribution in [3.63, 3.8) is 0 Å². The van der Waals surface area contributed by atoms with E-state index in [0.29, 0.717) is 17.9 Å². The van der Waals surface area contributed by atoms with Crippen LogP contribution in [-0.4, -0.2) is 41.6 Å². The van der Waals surface area contributed by atoms with E-state index in [9.17, 15) is 9.59 Å². The van der Waals surface area contributed by atoms with E-state index in [1.165, 1.54) is 0 Å². The van der Waals surface area contributed by atoms with E-state index in [0.717, 1.165) is 44.6 Å². The van der Waals surface area contributed by atoms with Gasteiger partial charge in [-0.2, -0.15) is 0 Å². The van der Waals surface area contributed by atoms with Crippen LogP contribution in [0, 0.1) is 6.92 Å². The van der Waals surface area contributed by atoms with Gasteiger partial charge in [-0.1, -0.05) is 0 Å². The molecule has 1 N–H and O–H groups in total. The maximum atomic E-state index is 12.7. The highest BCUT2D eigenvalue weighted by molar-refractivity contribution is 5.95. The maximum absolute atomic E-state index is 12.7. The molecule has 2 aliphatic rings. The third kappa shape index (κ3) is 3.91. The topological polar surface area (TPSA) is 97.6 Å². The van der Waals surface area contributed by atoms with Crippen LogP contribution in [0.5, 0.6) is 0 Å². The van der Waals surface area contributed by atoms with Crippen LogP contribution >= 0.6 is 0 Å². The molecule has 0 saturated carbocycles. The van der Waals surface area contributed by atoms with Crippen molar-refractivity contribution in [3.8, 4) is 0 Å². The summed E-state index contributed by atoms with van der Waals surface area (Å²) in [6, 6.07) is 1.76. The Balaban J connectivity index is 1.39. The second-order valence-corrected chi connectivity index (χ2v) is 7.29. The SMILES string of the molecule is Cc1cc(C2CCCO2)oc(=O)c1C(=O)NC1CCN(c2cnccn2)CC1. The number of amides is 1. The molecule has 2 aromatic rings. The zero-order chi connectivity index (χ0) is 19.5. The van der Waals surface area contributed by atoms with Gasteiger partial charge in [0.2, 0.25) is 0 Å². The van der Waals surface area contributed by atoms with Gasteiger partial charge in [0, 0.05) is 38.1 Å². The molecule has 0 spiro atoms. The number of nitrogens with zero attached hydrogens (tertiary/aromatic N) is 3. The fraction of sp³-hybridized carbons (Fsp3) is 0.500. The highest BCUT2D eigenvalue weighted by Crippen LogP contribution is 2.28. The Bertz CT molecular complexity index is 885. The average Bonchev–Trinajstić information content (AvgIpc) is 3.23. The van der Waals surface area contributed by atoms with Gasteiger partial charge < -0.3 is 19.4 Å². The highest BCUT2D eigenvalue weighted by atomic mass is 16.5. The van der Waals surface area contributed by atoms with Gasteiger partial charge in [-0.25, -0.2) is 9.78 Å². The molecule has 4 heterocycles. The van der Waals surface area contributed by atoms with Crippen molar-refractivity contribution < 1.29 is 13.9 Å². The zero-order valence-corrected chi connectivity index (χ0v) is 15.9. The Labute approximate surface area is 162 Å². The summed E-state index contributed by atoms with van der Waals surface area (Å²) in [5.74, 6) is 0.977. The van der Waals surface area contributed by atoms with Crippen molar-refractivity contribution in [2.24, 2.45) is 0 Å². The van der Waals surface area contributed by atoms with E-state index in [-0.39, 0.29) is 23.6 Å². The number of ether oxygens (including phenoxy) is 1. The number of carbonyl (C=O) groups excluding carboxylic acids is 1. The van der Waals surface area contributed by atoms with Gasteiger partial charge in [-0.3, -0.25) is 9.78 Å². The number of hydrogen-bond donors (Lipinski definition) is 1. The second-order valence-electron chi connectivity index (χ2n) is 7.29. The fourth-order valence-corrected chi connectivity index (χ4v) is 3.83. The van der Waals surface area contributed by atoms with E-state index < -0.39 is 5.63 Å². The lowest BCUT2D eigenvalue weighted by atomic mass is 10.0. The third-order valence-corrected chi connectivity index (χ3v) is 5.35. The summed E-state index contributed by atoms with van der Waals surface area (Å²) in [6.45, 7) is 3.98. The van der Waals surface area contributed by atoms with Crippen LogP contribution in [0.25, 0.3) is 0 Å². The molecule has 4 rings (SSSR count). The van der Waals surface area contributed by atoms with Gasteiger partial charge in [-0.15, -0.1) is 0 Å². The van der Waals surface area contributed by atoms with Crippen molar-refractivity contribution in [2.75, 3.05) is 24.6 Å². The summed E-state index contributed by atoms with van der Waals surface area (Å²) in [7, 11) is 0. The first-order valence-corrected chi connectivity index (χ1v) is 9.70. The molecule has 1 atom stereocenters. The lowest BCUT2D eigenvalue weighted by Gasteiger charge is -2.32. The molecule has 8 heteroatoms. The number of hydrogen-bond acceptors (Lipinski definition) is 7. The number of piperidine rings is 1. The van der Waals surface area contributed by atoms with E-state index in [1.54, 1.807) is 31.6 Å². The van der Waals surface area contributed by atoms with Crippen LogP contribution in [0.3, 0.4) is 0 Å². The minimum absolute atomic E-state index is 0.0112. The zero-order valence-electron chi connectivity index (χ0n) is 15.9. The second kappa shape index (κ2) is 8.10. The third-order valence-electron chi connectivity index (χ3n) is 5.35. The molecule has 2 fully saturated rings. The normalized spacial score (nSPS) is 20.3. The molecule has 0 radical (unpaired) electrons. The summed E-state index contributed by atoms with van der Waals surface area (Å²) in [5, 5.41) is 2.98. The molecular weight excluding hydrogens is 360 g/mol. The predicted octanol–water partition coefficient (Wildman–Crippen LogP) is 1.99. The number of rotatable bonds is 4. The minimum Gasteiger partial charge on any atom is -0.424 e. The lowest BCUT2D eigenvalue weighted by molar-refractivity contribution is 0.0876. The molecular formula is C20H24N4O4. The van der Waals surface area contributed by atoms with Crippen LogP contribution in [0.2, 0.25) is 0 Å². The van der Waals surface area contributed by atoms with Crippen molar-refractivity contribution in [1.82, 2.24) is 15.3 Å². The van der Waals surface area contributed by atoms with Gasteiger partial charge >= 0.3 is 5.63 Å². The van der Waals surface area contributed by atoms with Crippen molar-refractivity contribution in [3.05, 3.63) is 52.0 Å². The largest absolute Gasteiger partial charge is 0.424 e. The summed E-state index contributed by atoms with van der Waals surface area (Å²) >= 11 is 0. The number of carbonyl (C=O) groups is 1. The van der Waals surface area contributed by atoms with Gasteiger partial charge in [0.05, 0.1) is 6.20 Å². The Morgan fingerprint density at radius 3 is 2.71 bits per heavy atom. The first-order valence-electron chi connectivity index (χ1n) is 9.70. The Hall–Kier alpha value is -2.74. The maximum Gasteiger partial charge on any atom is 0.349 e. The van der Waals surface area contributed by atoms with E-state index in [1.807, 2.05) is 0 Å². The van der Waals surface area contributed by atoms with Gasteiger partial charge in [0.1, 0.15) is 23.2 Å². The van der Waals surface area contributed by atoms with Crippen LogP contribution in [0.15, 0.2) is 33.9 Å². The van der Waals surface area contributed by atoms with Crippen LogP contribution in [0.4, 0.5) is 5.82 Å². The number of anilines is 1. The lowest BCUT2D eigenvalue weighted by Crippen LogP contribution is -2.46. The predicted molar refractivity (Wildman–Crippen MR) is 102 cm³/mol. The van der Waals surface area contributed by atoms with E-state index in [2.05, 4.69) is 20.2 Å². The molecule has 1 amide bonds. The number of aromatic nitrogens is 2. The van der Waals surface area contributed by atoms with Crippen LogP contribution in [0.1, 0.15) is 53.5 Å². The first kappa shape index (κ1) is 18.6. The Morgan fingerprint density at radius 2 is 2.07 bits per heavy atom. The van der Waals surface area contributed by atoms with Crippen molar-refractivity contribution >= 4 is 11.7 Å². The smallest absolute Gasteiger partial charge is 0.349 e. The minimum atomic E-state index is -0.597. The Morgan fingerprint density at radius 1 is 1.25 bits per heavy atom. The average molecular weight is 384 g/mol. The first-order chi connectivity index (χ1) is 13.6. The summed E-state index contributed by atoms with van der Waals surface area (Å²) < 4.78 is 11.0. The molecule has 2 aromatic heterocycles. The van der Waals surface area contributed by atoms with Gasteiger partial charge in [0.25, 0.3) is 5.91 Å². The fourth-order valence-electron chi connectivity index (χ4n) is 3.83. The summed E-state index contributed by atoms with van der Waals surface area (Å²) in [5.41, 5.74) is 0.106. The van der Waals surface area contributed by atoms with Crippen LogP contribution in [-0.2, 0) is 4.74 Å². The van der Waals surface area contributed by atoms with Crippen molar-refractivity contribution in [2.45, 2.75) is 44.8 Å². The highest BCUT2D eigenvalue weighted by Gasteiger charge is 2.26. The van der Waals surface area contributed by atoms with Crippen LogP contribution < -0.4 is 15.8 Å². The molecule has 0 bridgehead atoms. The molecule has 0 aliphatic carbocycles. The van der Waals surface area contributed by atoms with Gasteiger partial charge in [0.15, 0.2) is 0 Å². The van der Waals surface area contributed by atoms with E-state index in [4.69, 9.17) is 9.15 Å². The molecule has 2 saturated heterocycles. The van der Waals surface area contributed by atoms with Gasteiger partial charge in [-0.05, 0) is 44.2 Å². The number of nitrogens with one attached hydrogen (secondary N) is 1. The Kier molecular flexibility index (Phi) is 5.38. The summed E-state index contributed by atoms with van der Waals surface area (Å²) in [4.78, 5) is 35.7. The van der Waals surface area contributed by atoms with Crippen molar-refractivity contribution in [1.29, 1.82) is 0 Å². The standard InChI is InChI=1S/C20H24N4O4/c1-13-11-16(15-3-2-10-27-15)28-20(26)18(13)19(25)23-14-4-8-24(9-5-14)17-12-21-6-7-22-17/h6-7,11-12,14-15H,2-5,8-10H2,1H3,(H,23,25). The summed E-state index contributed by atoms with van der Waals surface area (Å²) in [6.07, 6.45) is 8.21. The molecule has 0 aromatic carbocycles. The quantitative estimate of drug-likeness (QED) is 0.861.